The maximum Gasteiger partial charge on any atom is 0.410 e. The molecule has 23 heavy (non-hydrogen) atoms. The molecule has 0 unspecified atom stereocenters. The summed E-state index contributed by atoms with van der Waals surface area (Å²) in [7, 11) is 0. The fraction of sp³-hybridized carbons (Fsp3) is 0.529. The summed E-state index contributed by atoms with van der Waals surface area (Å²) >= 11 is 0. The lowest BCUT2D eigenvalue weighted by Gasteiger charge is -2.34. The predicted octanol–water partition coefficient (Wildman–Crippen LogP) is 2.38. The molecular formula is C17H23NO5. The fourth-order valence-electron chi connectivity index (χ4n) is 2.42. The highest BCUT2D eigenvalue weighted by molar-refractivity contribution is 5.79. The van der Waals surface area contributed by atoms with E-state index in [4.69, 9.17) is 9.47 Å². The van der Waals surface area contributed by atoms with Gasteiger partial charge in [0.1, 0.15) is 11.4 Å². The van der Waals surface area contributed by atoms with Gasteiger partial charge in [0.05, 0.1) is 24.8 Å². The first-order valence-corrected chi connectivity index (χ1v) is 7.65. The van der Waals surface area contributed by atoms with Crippen molar-refractivity contribution in [1.82, 2.24) is 4.90 Å². The molecule has 0 aliphatic carbocycles. The molecule has 1 aliphatic rings. The van der Waals surface area contributed by atoms with Crippen molar-refractivity contribution in [3.63, 3.8) is 0 Å². The molecule has 0 spiro atoms. The molecule has 1 atom stereocenters. The Hall–Kier alpha value is -2.08. The van der Waals surface area contributed by atoms with Gasteiger partial charge in [0, 0.05) is 13.0 Å². The summed E-state index contributed by atoms with van der Waals surface area (Å²) in [6.07, 6.45) is 0.666. The van der Waals surface area contributed by atoms with E-state index in [1.165, 1.54) is 6.07 Å². The molecule has 1 fully saturated rings. The Labute approximate surface area is 136 Å². The van der Waals surface area contributed by atoms with Crippen LogP contribution in [0.1, 0.15) is 36.7 Å². The number of aldehydes is 1. The Morgan fingerprint density at radius 1 is 1.48 bits per heavy atom. The van der Waals surface area contributed by atoms with Gasteiger partial charge in [-0.3, -0.25) is 4.79 Å². The average molecular weight is 321 g/mol. The Kier molecular flexibility index (Phi) is 5.26. The second-order valence-corrected chi connectivity index (χ2v) is 6.63. The zero-order chi connectivity index (χ0) is 17.0. The maximum atomic E-state index is 12.1. The van der Waals surface area contributed by atoms with Gasteiger partial charge >= 0.3 is 6.09 Å². The van der Waals surface area contributed by atoms with E-state index in [0.29, 0.717) is 32.4 Å². The van der Waals surface area contributed by atoms with E-state index in [2.05, 4.69) is 0 Å². The molecule has 6 heteroatoms. The van der Waals surface area contributed by atoms with Crippen LogP contribution in [-0.4, -0.2) is 53.8 Å². The van der Waals surface area contributed by atoms with Crippen LogP contribution >= 0.6 is 0 Å². The van der Waals surface area contributed by atoms with Crippen molar-refractivity contribution in [3.05, 3.63) is 29.3 Å². The van der Waals surface area contributed by atoms with E-state index in [0.717, 1.165) is 5.56 Å². The van der Waals surface area contributed by atoms with E-state index in [1.54, 1.807) is 17.0 Å². The summed E-state index contributed by atoms with van der Waals surface area (Å²) in [6, 6.07) is 4.88. The summed E-state index contributed by atoms with van der Waals surface area (Å²) in [5.41, 5.74) is 0.601. The Morgan fingerprint density at radius 3 is 2.87 bits per heavy atom. The first-order chi connectivity index (χ1) is 10.8. The van der Waals surface area contributed by atoms with E-state index in [-0.39, 0.29) is 23.5 Å². The number of hydrogen-bond donors (Lipinski definition) is 1. The minimum atomic E-state index is -0.527. The van der Waals surface area contributed by atoms with Crippen molar-refractivity contribution in [2.45, 2.75) is 38.9 Å². The SMILES string of the molecule is CC(C)(C)OC(=O)N1CCO[C@H](Cc2ccc(O)c(C=O)c2)C1. The van der Waals surface area contributed by atoms with Crippen LogP contribution in [0.3, 0.4) is 0 Å². The number of hydrogen-bond acceptors (Lipinski definition) is 5. The molecule has 1 aliphatic heterocycles. The van der Waals surface area contributed by atoms with Crippen LogP contribution in [0.4, 0.5) is 4.79 Å². The number of morpholine rings is 1. The zero-order valence-electron chi connectivity index (χ0n) is 13.7. The molecule has 1 aromatic carbocycles. The van der Waals surface area contributed by atoms with E-state index >= 15 is 0 Å². The maximum absolute atomic E-state index is 12.1. The first kappa shape index (κ1) is 17.3. The van der Waals surface area contributed by atoms with E-state index in [9.17, 15) is 14.7 Å². The topological polar surface area (TPSA) is 76.1 Å². The van der Waals surface area contributed by atoms with Gasteiger partial charge in [-0.05, 0) is 38.5 Å². The van der Waals surface area contributed by atoms with Gasteiger partial charge in [0.15, 0.2) is 6.29 Å². The summed E-state index contributed by atoms with van der Waals surface area (Å²) in [5, 5.41) is 9.53. The zero-order valence-corrected chi connectivity index (χ0v) is 13.7. The van der Waals surface area contributed by atoms with Gasteiger partial charge in [-0.2, -0.15) is 0 Å². The van der Waals surface area contributed by atoms with Gasteiger partial charge in [-0.25, -0.2) is 4.79 Å². The van der Waals surface area contributed by atoms with Crippen LogP contribution in [-0.2, 0) is 15.9 Å². The van der Waals surface area contributed by atoms with Gasteiger partial charge in [0.25, 0.3) is 0 Å². The van der Waals surface area contributed by atoms with Crippen molar-refractivity contribution in [2.75, 3.05) is 19.7 Å². The van der Waals surface area contributed by atoms with E-state index in [1.807, 2.05) is 20.8 Å². The molecule has 0 saturated carbocycles. The van der Waals surface area contributed by atoms with Crippen molar-refractivity contribution >= 4 is 12.4 Å². The molecule has 1 saturated heterocycles. The quantitative estimate of drug-likeness (QED) is 0.865. The number of carbonyl (C=O) groups is 2. The number of amides is 1. The molecule has 1 amide bonds. The highest BCUT2D eigenvalue weighted by Gasteiger charge is 2.28. The number of benzene rings is 1. The highest BCUT2D eigenvalue weighted by atomic mass is 16.6. The van der Waals surface area contributed by atoms with Crippen molar-refractivity contribution in [1.29, 1.82) is 0 Å². The van der Waals surface area contributed by atoms with Crippen LogP contribution in [0.5, 0.6) is 5.75 Å². The number of nitrogens with zero attached hydrogens (tertiary/aromatic N) is 1. The normalized spacial score (nSPS) is 18.6. The minimum Gasteiger partial charge on any atom is -0.507 e. The number of carbonyl (C=O) groups excluding carboxylic acids is 2. The lowest BCUT2D eigenvalue weighted by atomic mass is 10.0. The molecule has 6 nitrogen and oxygen atoms in total. The summed E-state index contributed by atoms with van der Waals surface area (Å²) in [6.45, 7) is 6.88. The van der Waals surface area contributed by atoms with Crippen LogP contribution in [0.2, 0.25) is 0 Å². The van der Waals surface area contributed by atoms with Crippen LogP contribution in [0.25, 0.3) is 0 Å². The molecule has 2 rings (SSSR count). The summed E-state index contributed by atoms with van der Waals surface area (Å²) in [4.78, 5) is 24.7. The lowest BCUT2D eigenvalue weighted by Crippen LogP contribution is -2.48. The molecule has 1 heterocycles. The van der Waals surface area contributed by atoms with Gasteiger partial charge in [-0.15, -0.1) is 0 Å². The molecule has 0 radical (unpaired) electrons. The Balaban J connectivity index is 1.99. The molecule has 1 aromatic rings. The third-order valence-corrected chi connectivity index (χ3v) is 3.47. The molecule has 1 N–H and O–H groups in total. The molecule has 0 aromatic heterocycles. The van der Waals surface area contributed by atoms with Gasteiger partial charge in [0.2, 0.25) is 0 Å². The van der Waals surface area contributed by atoms with Crippen molar-refractivity contribution in [2.24, 2.45) is 0 Å². The number of phenols is 1. The highest BCUT2D eigenvalue weighted by Crippen LogP contribution is 2.20. The first-order valence-electron chi connectivity index (χ1n) is 7.65. The fourth-order valence-corrected chi connectivity index (χ4v) is 2.42. The average Bonchev–Trinajstić information content (AvgIpc) is 2.48. The molecule has 126 valence electrons. The lowest BCUT2D eigenvalue weighted by molar-refractivity contribution is -0.0415. The number of aromatic hydroxyl groups is 1. The van der Waals surface area contributed by atoms with Crippen molar-refractivity contribution in [3.8, 4) is 5.75 Å². The predicted molar refractivity (Wildman–Crippen MR) is 84.7 cm³/mol. The number of ether oxygens (including phenoxy) is 2. The largest absolute Gasteiger partial charge is 0.507 e. The van der Waals surface area contributed by atoms with Gasteiger partial charge < -0.3 is 19.5 Å². The smallest absolute Gasteiger partial charge is 0.410 e. The second kappa shape index (κ2) is 7.00. The number of phenolic OH excluding ortho intramolecular Hbond substituents is 1. The standard InChI is InChI=1S/C17H23NO5/c1-17(2,3)23-16(21)18-6-7-22-14(10-18)9-12-4-5-15(20)13(8-12)11-19/h4-5,8,11,14,20H,6-7,9-10H2,1-3H3/t14-/m1/s1. The van der Waals surface area contributed by atoms with Crippen LogP contribution < -0.4 is 0 Å². The Bertz CT molecular complexity index is 579. The van der Waals surface area contributed by atoms with Crippen LogP contribution in [0.15, 0.2) is 18.2 Å². The third kappa shape index (κ3) is 4.96. The van der Waals surface area contributed by atoms with Crippen molar-refractivity contribution < 1.29 is 24.2 Å². The molecule has 0 bridgehead atoms. The summed E-state index contributed by atoms with van der Waals surface area (Å²) < 4.78 is 11.1. The monoisotopic (exact) mass is 321 g/mol. The van der Waals surface area contributed by atoms with Crippen LogP contribution in [0, 0.1) is 0 Å². The number of rotatable bonds is 3. The Morgan fingerprint density at radius 2 is 2.22 bits per heavy atom. The minimum absolute atomic E-state index is 0.0382. The van der Waals surface area contributed by atoms with Gasteiger partial charge in [-0.1, -0.05) is 6.07 Å². The summed E-state index contributed by atoms with van der Waals surface area (Å²) in [5.74, 6) is -0.0382. The third-order valence-electron chi connectivity index (χ3n) is 3.47. The second-order valence-electron chi connectivity index (χ2n) is 6.63. The molecular weight excluding hydrogens is 298 g/mol. The van der Waals surface area contributed by atoms with E-state index < -0.39 is 5.60 Å².